The number of amides is 1. The van der Waals surface area contributed by atoms with Crippen molar-refractivity contribution in [2.45, 2.75) is 51.0 Å². The second-order valence-electron chi connectivity index (χ2n) is 15.6. The molecule has 8 aromatic rings. The van der Waals surface area contributed by atoms with Crippen LogP contribution in [0.2, 0.25) is 0 Å². The van der Waals surface area contributed by atoms with Gasteiger partial charge in [0.2, 0.25) is 0 Å². The molecule has 0 spiro atoms. The lowest BCUT2D eigenvalue weighted by molar-refractivity contribution is 0.0292. The van der Waals surface area contributed by atoms with Crippen LogP contribution in [-0.4, -0.2) is 99.8 Å². The highest BCUT2D eigenvalue weighted by atomic mass is 32.1. The van der Waals surface area contributed by atoms with E-state index in [-0.39, 0.29) is 12.0 Å². The van der Waals surface area contributed by atoms with E-state index in [0.29, 0.717) is 24.8 Å². The van der Waals surface area contributed by atoms with Crippen molar-refractivity contribution in [1.82, 2.24) is 67.3 Å². The standard InChI is InChI=1S/C22H26N8O2S.C17H18N8S/c1-22(2,3)32-21(31)29-7-5-14(13-29)16-9-18(33-27-16)26-19-20-24-11-17(30(20)8-6-23-19)15-10-25-28(4)12-15;1-24-10-12(8-21-24)14-9-20-17-16(19-4-5-25(14)17)22-15-6-13(23-26-15)11-2-3-18-7-11/h6,8-12,14H,5,7,13H2,1-4H3,(H,23,26);4-6,8-11,18H,2-3,7H2,1H3,(H,19,22). The molecular formula is C39H44N16O2S2. The number of ether oxygens (including phenoxy) is 1. The van der Waals surface area contributed by atoms with Crippen molar-refractivity contribution in [3.63, 3.8) is 0 Å². The summed E-state index contributed by atoms with van der Waals surface area (Å²) in [6, 6.07) is 4.16. The number of nitrogens with one attached hydrogen (secondary N) is 3. The van der Waals surface area contributed by atoms with Gasteiger partial charge in [-0.25, -0.2) is 24.7 Å². The van der Waals surface area contributed by atoms with Gasteiger partial charge in [0.05, 0.1) is 47.6 Å². The van der Waals surface area contributed by atoms with E-state index in [0.717, 1.165) is 86.9 Å². The maximum Gasteiger partial charge on any atom is 0.410 e. The molecule has 0 aromatic carbocycles. The van der Waals surface area contributed by atoms with Gasteiger partial charge in [0.25, 0.3) is 0 Å². The molecule has 2 aliphatic rings. The molecule has 2 unspecified atom stereocenters. The number of carbonyl (C=O) groups is 1. The first-order chi connectivity index (χ1) is 28.5. The third-order valence-corrected chi connectivity index (χ3v) is 11.6. The maximum atomic E-state index is 12.4. The summed E-state index contributed by atoms with van der Waals surface area (Å²) >= 11 is 2.85. The van der Waals surface area contributed by atoms with Crippen molar-refractivity contribution in [2.75, 3.05) is 36.8 Å². The topological polar surface area (TPSA) is 187 Å². The summed E-state index contributed by atoms with van der Waals surface area (Å²) in [6.45, 7) is 9.00. The van der Waals surface area contributed by atoms with Crippen molar-refractivity contribution in [1.29, 1.82) is 0 Å². The number of imidazole rings is 2. The highest BCUT2D eigenvalue weighted by Crippen LogP contribution is 2.34. The number of aryl methyl sites for hydroxylation is 2. The van der Waals surface area contributed by atoms with Crippen LogP contribution < -0.4 is 16.0 Å². The largest absolute Gasteiger partial charge is 0.444 e. The molecule has 0 saturated carbocycles. The van der Waals surface area contributed by atoms with E-state index in [2.05, 4.69) is 60.9 Å². The number of hydrogen-bond donors (Lipinski definition) is 3. The quantitative estimate of drug-likeness (QED) is 0.152. The van der Waals surface area contributed by atoms with Crippen LogP contribution in [0.4, 0.5) is 26.4 Å². The van der Waals surface area contributed by atoms with Gasteiger partial charge >= 0.3 is 6.09 Å². The zero-order valence-corrected chi connectivity index (χ0v) is 34.9. The normalized spacial score (nSPS) is 16.8. The maximum absolute atomic E-state index is 12.4. The zero-order valence-electron chi connectivity index (χ0n) is 33.3. The summed E-state index contributed by atoms with van der Waals surface area (Å²) in [4.78, 5) is 32.2. The Balaban J connectivity index is 0.000000156. The number of carbonyl (C=O) groups excluding carboxylic acids is 1. The number of fused-ring (bicyclic) bond motifs is 2. The number of rotatable bonds is 8. The van der Waals surface area contributed by atoms with Crippen LogP contribution in [0.5, 0.6) is 0 Å². The summed E-state index contributed by atoms with van der Waals surface area (Å²) in [5, 5.41) is 20.5. The minimum atomic E-state index is -0.495. The lowest BCUT2D eigenvalue weighted by Gasteiger charge is -2.24. The molecule has 10 rings (SSSR count). The number of aromatic nitrogens is 12. The molecule has 0 bridgehead atoms. The molecule has 2 fully saturated rings. The molecule has 3 N–H and O–H groups in total. The minimum Gasteiger partial charge on any atom is -0.444 e. The van der Waals surface area contributed by atoms with Gasteiger partial charge in [-0.15, -0.1) is 0 Å². The van der Waals surface area contributed by atoms with E-state index in [4.69, 9.17) is 4.74 Å². The zero-order chi connectivity index (χ0) is 40.7. The molecule has 2 atom stereocenters. The number of hydrogen-bond acceptors (Lipinski definition) is 15. The summed E-state index contributed by atoms with van der Waals surface area (Å²) in [6.07, 6.45) is 20.3. The monoisotopic (exact) mass is 832 g/mol. The molecule has 59 heavy (non-hydrogen) atoms. The van der Waals surface area contributed by atoms with Gasteiger partial charge in [0.1, 0.15) is 15.6 Å². The van der Waals surface area contributed by atoms with Gasteiger partial charge in [0.15, 0.2) is 22.9 Å². The van der Waals surface area contributed by atoms with Gasteiger partial charge in [-0.05, 0) is 75.4 Å². The molecule has 0 radical (unpaired) electrons. The Kier molecular flexibility index (Phi) is 10.3. The van der Waals surface area contributed by atoms with E-state index in [1.165, 1.54) is 23.1 Å². The van der Waals surface area contributed by atoms with Gasteiger partial charge < -0.3 is 25.6 Å². The summed E-state index contributed by atoms with van der Waals surface area (Å²) < 4.78 is 22.3. The summed E-state index contributed by atoms with van der Waals surface area (Å²) in [5.41, 5.74) is 7.07. The predicted molar refractivity (Wildman–Crippen MR) is 227 cm³/mol. The van der Waals surface area contributed by atoms with Crippen LogP contribution in [0.15, 0.2) is 74.1 Å². The molecule has 2 aliphatic heterocycles. The van der Waals surface area contributed by atoms with Crippen molar-refractivity contribution in [3.8, 4) is 22.5 Å². The predicted octanol–water partition coefficient (Wildman–Crippen LogP) is 6.46. The second kappa shape index (κ2) is 15.8. The number of nitrogens with zero attached hydrogens (tertiary/aromatic N) is 13. The van der Waals surface area contributed by atoms with Crippen molar-refractivity contribution in [3.05, 3.63) is 85.5 Å². The van der Waals surface area contributed by atoms with E-state index in [1.54, 1.807) is 26.7 Å². The van der Waals surface area contributed by atoms with E-state index >= 15 is 0 Å². The van der Waals surface area contributed by atoms with Crippen LogP contribution in [-0.2, 0) is 18.8 Å². The Hall–Kier alpha value is -6.25. The average molecular weight is 833 g/mol. The van der Waals surface area contributed by atoms with E-state index in [1.807, 2.05) is 99.3 Å². The smallest absolute Gasteiger partial charge is 0.410 e. The molecule has 20 heteroatoms. The fraction of sp³-hybridized carbons (Fsp3) is 0.359. The molecule has 304 valence electrons. The lowest BCUT2D eigenvalue weighted by atomic mass is 10.1. The molecule has 8 aromatic heterocycles. The van der Waals surface area contributed by atoms with Gasteiger partial charge in [0, 0.05) is 93.9 Å². The van der Waals surface area contributed by atoms with Crippen molar-refractivity contribution in [2.24, 2.45) is 14.1 Å². The molecule has 1 amide bonds. The first-order valence-corrected chi connectivity index (χ1v) is 20.9. The van der Waals surface area contributed by atoms with Crippen LogP contribution in [0.1, 0.15) is 56.8 Å². The van der Waals surface area contributed by atoms with Crippen LogP contribution in [0, 0.1) is 0 Å². The summed E-state index contributed by atoms with van der Waals surface area (Å²) in [5.74, 6) is 2.08. The molecule has 18 nitrogen and oxygen atoms in total. The SMILES string of the molecule is Cn1cc(-c2cnc3c(Nc4cc(C5CCN(C(=O)OC(C)(C)C)C5)ns4)nccn23)cn1.Cn1cc(-c2cnc3c(Nc4cc(C5CCNC5)ns4)nccn23)cn1. The third kappa shape index (κ3) is 8.23. The first-order valence-electron chi connectivity index (χ1n) is 19.3. The highest BCUT2D eigenvalue weighted by Gasteiger charge is 2.32. The Bertz CT molecular complexity index is 2730. The van der Waals surface area contributed by atoms with Gasteiger partial charge in [-0.1, -0.05) is 0 Å². The van der Waals surface area contributed by atoms with Crippen molar-refractivity contribution < 1.29 is 9.53 Å². The molecule has 10 heterocycles. The minimum absolute atomic E-state index is 0.191. The van der Waals surface area contributed by atoms with Crippen LogP contribution >= 0.6 is 23.1 Å². The fourth-order valence-electron chi connectivity index (χ4n) is 7.26. The Morgan fingerprint density at radius 3 is 1.83 bits per heavy atom. The average Bonchev–Trinajstić information content (AvgIpc) is 4.04. The summed E-state index contributed by atoms with van der Waals surface area (Å²) in [7, 11) is 3.79. The number of anilines is 4. The van der Waals surface area contributed by atoms with E-state index < -0.39 is 5.60 Å². The van der Waals surface area contributed by atoms with Crippen molar-refractivity contribution >= 4 is 62.1 Å². The number of likely N-dealkylation sites (tertiary alicyclic amines) is 1. The van der Waals surface area contributed by atoms with Crippen LogP contribution in [0.25, 0.3) is 33.8 Å². The molecular weight excluding hydrogens is 789 g/mol. The second-order valence-corrected chi connectivity index (χ2v) is 17.2. The molecule has 0 aliphatic carbocycles. The lowest BCUT2D eigenvalue weighted by Crippen LogP contribution is -2.35. The Morgan fingerprint density at radius 1 is 0.780 bits per heavy atom. The Morgan fingerprint density at radius 2 is 1.34 bits per heavy atom. The third-order valence-electron chi connectivity index (χ3n) is 10.1. The van der Waals surface area contributed by atoms with Gasteiger partial charge in [-0.2, -0.15) is 18.9 Å². The van der Waals surface area contributed by atoms with Gasteiger partial charge in [-0.3, -0.25) is 18.2 Å². The molecule has 2 saturated heterocycles. The Labute approximate surface area is 347 Å². The first kappa shape index (κ1) is 38.3. The highest BCUT2D eigenvalue weighted by molar-refractivity contribution is 7.10. The fourth-order valence-corrected chi connectivity index (χ4v) is 8.71. The van der Waals surface area contributed by atoms with Crippen LogP contribution in [0.3, 0.4) is 0 Å². The van der Waals surface area contributed by atoms with E-state index in [9.17, 15) is 4.79 Å².